The molecule has 0 radical (unpaired) electrons. The van der Waals surface area contributed by atoms with Crippen molar-refractivity contribution in [2.45, 2.75) is 32.7 Å². The summed E-state index contributed by atoms with van der Waals surface area (Å²) in [6.07, 6.45) is 0.576. The van der Waals surface area contributed by atoms with Gasteiger partial charge in [-0.1, -0.05) is 36.2 Å². The zero-order chi connectivity index (χ0) is 14.6. The van der Waals surface area contributed by atoms with E-state index < -0.39 is 5.54 Å². The number of hydrogen-bond acceptors (Lipinski definition) is 2. The predicted octanol–water partition coefficient (Wildman–Crippen LogP) is 3.03. The molecule has 0 fully saturated rings. The Kier molecular flexibility index (Phi) is 5.65. The lowest BCUT2D eigenvalue weighted by Gasteiger charge is -2.21. The number of benzene rings is 1. The first-order valence-corrected chi connectivity index (χ1v) is 6.95. The summed E-state index contributed by atoms with van der Waals surface area (Å²) in [6.45, 7) is 6.05. The third-order valence-corrected chi connectivity index (χ3v) is 3.29. The molecule has 0 heterocycles. The van der Waals surface area contributed by atoms with Crippen molar-refractivity contribution in [3.8, 4) is 0 Å². The van der Waals surface area contributed by atoms with Crippen molar-refractivity contribution in [3.63, 3.8) is 0 Å². The molecule has 1 amide bonds. The van der Waals surface area contributed by atoms with Gasteiger partial charge < -0.3 is 11.1 Å². The van der Waals surface area contributed by atoms with Crippen LogP contribution in [0.4, 0.5) is 0 Å². The molecule has 0 aliphatic carbocycles. The van der Waals surface area contributed by atoms with Gasteiger partial charge in [0.2, 0.25) is 5.91 Å². The third kappa shape index (κ3) is 5.81. The summed E-state index contributed by atoms with van der Waals surface area (Å²) in [5, 5.41) is 4.02. The molecule has 1 unspecified atom stereocenters. The number of rotatable bonds is 5. The Morgan fingerprint density at radius 1 is 1.42 bits per heavy atom. The largest absolute Gasteiger partial charge is 0.354 e. The number of carbonyl (C=O) groups is 1. The standard InChI is InChI=1S/C14H20Cl2N2O/c1-9(13(19)18-8-14(2,3)17)6-10-4-5-11(15)7-12(10)16/h4-5,7,9H,6,8,17H2,1-3H3,(H,18,19). The van der Waals surface area contributed by atoms with E-state index in [1.165, 1.54) is 0 Å². The van der Waals surface area contributed by atoms with Crippen molar-refractivity contribution >= 4 is 29.1 Å². The van der Waals surface area contributed by atoms with Crippen molar-refractivity contribution in [3.05, 3.63) is 33.8 Å². The number of hydrogen-bond donors (Lipinski definition) is 2. The second-order valence-electron chi connectivity index (χ2n) is 5.55. The Morgan fingerprint density at radius 2 is 2.05 bits per heavy atom. The summed E-state index contributed by atoms with van der Waals surface area (Å²) in [5.41, 5.74) is 6.33. The summed E-state index contributed by atoms with van der Waals surface area (Å²) in [6, 6.07) is 5.31. The molecule has 0 aliphatic heterocycles. The van der Waals surface area contributed by atoms with Crippen LogP contribution in [0, 0.1) is 5.92 Å². The quantitative estimate of drug-likeness (QED) is 0.878. The van der Waals surface area contributed by atoms with Gasteiger partial charge >= 0.3 is 0 Å². The van der Waals surface area contributed by atoms with Crippen LogP contribution < -0.4 is 11.1 Å². The van der Waals surface area contributed by atoms with E-state index in [2.05, 4.69) is 5.32 Å². The second-order valence-corrected chi connectivity index (χ2v) is 6.39. The van der Waals surface area contributed by atoms with Gasteiger partial charge in [0.05, 0.1) is 0 Å². The molecule has 5 heteroatoms. The van der Waals surface area contributed by atoms with Crippen LogP contribution in [0.1, 0.15) is 26.3 Å². The first kappa shape index (κ1) is 16.3. The van der Waals surface area contributed by atoms with Gasteiger partial charge in [-0.2, -0.15) is 0 Å². The molecule has 3 nitrogen and oxygen atoms in total. The Bertz CT molecular complexity index is 455. The van der Waals surface area contributed by atoms with Crippen LogP contribution in [-0.4, -0.2) is 18.0 Å². The zero-order valence-corrected chi connectivity index (χ0v) is 13.0. The molecule has 0 aliphatic rings. The minimum absolute atomic E-state index is 0.0236. The summed E-state index contributed by atoms with van der Waals surface area (Å²) in [7, 11) is 0. The summed E-state index contributed by atoms with van der Waals surface area (Å²) < 4.78 is 0. The van der Waals surface area contributed by atoms with E-state index in [0.717, 1.165) is 5.56 Å². The fraction of sp³-hybridized carbons (Fsp3) is 0.500. The Labute approximate surface area is 124 Å². The molecule has 106 valence electrons. The Hall–Kier alpha value is -0.770. The van der Waals surface area contributed by atoms with Crippen LogP contribution in [0.3, 0.4) is 0 Å². The molecule has 19 heavy (non-hydrogen) atoms. The maximum atomic E-state index is 11.9. The van der Waals surface area contributed by atoms with Gasteiger partial charge in [-0.05, 0) is 38.0 Å². The second kappa shape index (κ2) is 6.60. The molecule has 1 aromatic carbocycles. The molecule has 0 saturated heterocycles. The normalized spacial score (nSPS) is 13.2. The van der Waals surface area contributed by atoms with E-state index >= 15 is 0 Å². The number of nitrogens with two attached hydrogens (primary N) is 1. The monoisotopic (exact) mass is 302 g/mol. The molecule has 1 atom stereocenters. The summed E-state index contributed by atoms with van der Waals surface area (Å²) >= 11 is 11.9. The molecule has 0 spiro atoms. The first-order chi connectivity index (χ1) is 8.69. The van der Waals surface area contributed by atoms with Crippen LogP contribution in [0.15, 0.2) is 18.2 Å². The Morgan fingerprint density at radius 3 is 2.58 bits per heavy atom. The molecule has 1 aromatic rings. The lowest BCUT2D eigenvalue weighted by Crippen LogP contribution is -2.46. The van der Waals surface area contributed by atoms with Crippen molar-refractivity contribution in [1.82, 2.24) is 5.32 Å². The first-order valence-electron chi connectivity index (χ1n) is 6.19. The lowest BCUT2D eigenvalue weighted by atomic mass is 9.99. The zero-order valence-electron chi connectivity index (χ0n) is 11.5. The number of nitrogens with one attached hydrogen (secondary N) is 1. The SMILES string of the molecule is CC(Cc1ccc(Cl)cc1Cl)C(=O)NCC(C)(C)N. The van der Waals surface area contributed by atoms with E-state index in [1.807, 2.05) is 26.8 Å². The van der Waals surface area contributed by atoms with Crippen LogP contribution in [-0.2, 0) is 11.2 Å². The molecule has 0 saturated carbocycles. The van der Waals surface area contributed by atoms with E-state index in [-0.39, 0.29) is 11.8 Å². The van der Waals surface area contributed by atoms with E-state index in [9.17, 15) is 4.79 Å². The van der Waals surface area contributed by atoms with Crippen LogP contribution in [0.5, 0.6) is 0 Å². The van der Waals surface area contributed by atoms with Gasteiger partial charge in [-0.3, -0.25) is 4.79 Å². The van der Waals surface area contributed by atoms with Gasteiger partial charge in [0.25, 0.3) is 0 Å². The van der Waals surface area contributed by atoms with Crippen LogP contribution in [0.25, 0.3) is 0 Å². The highest BCUT2D eigenvalue weighted by Gasteiger charge is 2.18. The minimum Gasteiger partial charge on any atom is -0.354 e. The van der Waals surface area contributed by atoms with Crippen LogP contribution in [0.2, 0.25) is 10.0 Å². The fourth-order valence-electron chi connectivity index (χ4n) is 1.60. The smallest absolute Gasteiger partial charge is 0.223 e. The van der Waals surface area contributed by atoms with Crippen molar-refractivity contribution in [1.29, 1.82) is 0 Å². The molecule has 3 N–H and O–H groups in total. The average Bonchev–Trinajstić information content (AvgIpc) is 2.28. The highest BCUT2D eigenvalue weighted by molar-refractivity contribution is 6.35. The predicted molar refractivity (Wildman–Crippen MR) is 80.6 cm³/mol. The van der Waals surface area contributed by atoms with Gasteiger partial charge in [-0.25, -0.2) is 0 Å². The third-order valence-electron chi connectivity index (χ3n) is 2.71. The lowest BCUT2D eigenvalue weighted by molar-refractivity contribution is -0.124. The van der Waals surface area contributed by atoms with Gasteiger partial charge in [0.15, 0.2) is 0 Å². The van der Waals surface area contributed by atoms with E-state index in [1.54, 1.807) is 12.1 Å². The number of halogens is 2. The topological polar surface area (TPSA) is 55.1 Å². The maximum absolute atomic E-state index is 11.9. The summed E-state index contributed by atoms with van der Waals surface area (Å²) in [4.78, 5) is 11.9. The molecule has 0 bridgehead atoms. The molecular weight excluding hydrogens is 283 g/mol. The minimum atomic E-state index is -0.409. The molecule has 0 aromatic heterocycles. The molecule has 1 rings (SSSR count). The average molecular weight is 303 g/mol. The van der Waals surface area contributed by atoms with Crippen molar-refractivity contribution in [2.24, 2.45) is 11.7 Å². The van der Waals surface area contributed by atoms with Crippen molar-refractivity contribution in [2.75, 3.05) is 6.54 Å². The highest BCUT2D eigenvalue weighted by Crippen LogP contribution is 2.23. The Balaban J connectivity index is 2.59. The van der Waals surface area contributed by atoms with Gasteiger partial charge in [0.1, 0.15) is 0 Å². The fourth-order valence-corrected chi connectivity index (χ4v) is 2.08. The summed E-state index contributed by atoms with van der Waals surface area (Å²) in [5.74, 6) is -0.189. The maximum Gasteiger partial charge on any atom is 0.223 e. The van der Waals surface area contributed by atoms with E-state index in [4.69, 9.17) is 28.9 Å². The van der Waals surface area contributed by atoms with Crippen molar-refractivity contribution < 1.29 is 4.79 Å². The number of carbonyl (C=O) groups excluding carboxylic acids is 1. The van der Waals surface area contributed by atoms with Crippen LogP contribution >= 0.6 is 23.2 Å². The van der Waals surface area contributed by atoms with Gasteiger partial charge in [0, 0.05) is 28.0 Å². The number of amides is 1. The van der Waals surface area contributed by atoms with Gasteiger partial charge in [-0.15, -0.1) is 0 Å². The molecular formula is C14H20Cl2N2O. The van der Waals surface area contributed by atoms with E-state index in [0.29, 0.717) is 23.0 Å². The highest BCUT2D eigenvalue weighted by atomic mass is 35.5.